The predicted molar refractivity (Wildman–Crippen MR) is 94.8 cm³/mol. The van der Waals surface area contributed by atoms with Gasteiger partial charge in [0.15, 0.2) is 0 Å². The van der Waals surface area contributed by atoms with E-state index in [9.17, 15) is 10.4 Å². The molecule has 1 aromatic heterocycles. The minimum atomic E-state index is -0.0277. The Morgan fingerprint density at radius 3 is 2.58 bits per heavy atom. The number of hydrogen-bond donors (Lipinski definition) is 2. The molecule has 0 fully saturated rings. The summed E-state index contributed by atoms with van der Waals surface area (Å²) in [5.74, 6) is 0.518. The minimum Gasteiger partial charge on any atom is -0.392 e. The van der Waals surface area contributed by atoms with Gasteiger partial charge in [-0.2, -0.15) is 5.26 Å². The van der Waals surface area contributed by atoms with Crippen LogP contribution >= 0.6 is 0 Å². The van der Waals surface area contributed by atoms with E-state index in [-0.39, 0.29) is 6.61 Å². The number of nitrogens with zero attached hydrogens (tertiary/aromatic N) is 2. The molecule has 4 heteroatoms. The number of aryl methyl sites for hydroxylation is 1. The highest BCUT2D eigenvalue weighted by molar-refractivity contribution is 5.73. The highest BCUT2D eigenvalue weighted by Gasteiger charge is 2.11. The second-order valence-corrected chi connectivity index (χ2v) is 5.48. The first-order valence-corrected chi connectivity index (χ1v) is 7.65. The maximum Gasteiger partial charge on any atom is 0.148 e. The lowest BCUT2D eigenvalue weighted by atomic mass is 10.0. The third-order valence-electron chi connectivity index (χ3n) is 3.79. The van der Waals surface area contributed by atoms with E-state index in [1.807, 2.05) is 67.6 Å². The van der Waals surface area contributed by atoms with E-state index >= 15 is 0 Å². The number of aliphatic hydroxyl groups excluding tert-OH is 1. The lowest BCUT2D eigenvalue weighted by Gasteiger charge is -2.12. The third kappa shape index (κ3) is 3.27. The summed E-state index contributed by atoms with van der Waals surface area (Å²) in [6.45, 7) is 1.90. The second-order valence-electron chi connectivity index (χ2n) is 5.48. The third-order valence-corrected chi connectivity index (χ3v) is 3.79. The molecule has 118 valence electrons. The summed E-state index contributed by atoms with van der Waals surface area (Å²) in [5, 5.41) is 21.9. The lowest BCUT2D eigenvalue weighted by molar-refractivity contribution is 0.282. The SMILES string of the molecule is Cc1nc(Nc2cccc(CO)c2)c(C#N)cc1-c1ccccc1. The zero-order valence-electron chi connectivity index (χ0n) is 13.3. The molecule has 0 bridgehead atoms. The molecule has 0 radical (unpaired) electrons. The Balaban J connectivity index is 2.00. The largest absolute Gasteiger partial charge is 0.392 e. The molecule has 0 saturated heterocycles. The molecule has 1 heterocycles. The maximum absolute atomic E-state index is 9.49. The lowest BCUT2D eigenvalue weighted by Crippen LogP contribution is -2.01. The van der Waals surface area contributed by atoms with E-state index in [1.165, 1.54) is 0 Å². The molecule has 0 amide bonds. The summed E-state index contributed by atoms with van der Waals surface area (Å²) in [6.07, 6.45) is 0. The summed E-state index contributed by atoms with van der Waals surface area (Å²) in [7, 11) is 0. The monoisotopic (exact) mass is 315 g/mol. The van der Waals surface area contributed by atoms with Gasteiger partial charge in [0.1, 0.15) is 11.9 Å². The van der Waals surface area contributed by atoms with Crippen molar-refractivity contribution in [2.75, 3.05) is 5.32 Å². The summed E-state index contributed by atoms with van der Waals surface area (Å²) in [4.78, 5) is 4.57. The molecule has 0 aliphatic heterocycles. The molecule has 0 aliphatic rings. The Kier molecular flexibility index (Phi) is 4.55. The van der Waals surface area contributed by atoms with Crippen LogP contribution in [0.1, 0.15) is 16.8 Å². The molecule has 0 unspecified atom stereocenters. The number of rotatable bonds is 4. The van der Waals surface area contributed by atoms with E-state index in [1.54, 1.807) is 0 Å². The number of benzene rings is 2. The Bertz CT molecular complexity index is 899. The Morgan fingerprint density at radius 2 is 1.88 bits per heavy atom. The van der Waals surface area contributed by atoms with Crippen LogP contribution in [-0.4, -0.2) is 10.1 Å². The first-order valence-electron chi connectivity index (χ1n) is 7.65. The van der Waals surface area contributed by atoms with Crippen molar-refractivity contribution < 1.29 is 5.11 Å². The molecule has 0 saturated carbocycles. The quantitative estimate of drug-likeness (QED) is 0.758. The van der Waals surface area contributed by atoms with Gasteiger partial charge in [0.25, 0.3) is 0 Å². The number of anilines is 2. The van der Waals surface area contributed by atoms with Crippen LogP contribution in [0.4, 0.5) is 11.5 Å². The van der Waals surface area contributed by atoms with Crippen molar-refractivity contribution >= 4 is 11.5 Å². The summed E-state index contributed by atoms with van der Waals surface area (Å²) in [6, 6.07) is 21.4. The van der Waals surface area contributed by atoms with Gasteiger partial charge in [0.2, 0.25) is 0 Å². The van der Waals surface area contributed by atoms with Crippen LogP contribution in [0.5, 0.6) is 0 Å². The first kappa shape index (κ1) is 15.7. The number of pyridine rings is 1. The fourth-order valence-electron chi connectivity index (χ4n) is 2.58. The van der Waals surface area contributed by atoms with Crippen LogP contribution in [0.2, 0.25) is 0 Å². The number of hydrogen-bond acceptors (Lipinski definition) is 4. The van der Waals surface area contributed by atoms with Crippen LogP contribution in [0, 0.1) is 18.3 Å². The Morgan fingerprint density at radius 1 is 1.08 bits per heavy atom. The molecular weight excluding hydrogens is 298 g/mol. The van der Waals surface area contributed by atoms with Crippen molar-refractivity contribution in [2.24, 2.45) is 0 Å². The van der Waals surface area contributed by atoms with Crippen molar-refractivity contribution in [3.05, 3.63) is 77.5 Å². The average molecular weight is 315 g/mol. The molecule has 0 aliphatic carbocycles. The first-order chi connectivity index (χ1) is 11.7. The number of aliphatic hydroxyl groups is 1. The van der Waals surface area contributed by atoms with Gasteiger partial charge in [-0.25, -0.2) is 4.98 Å². The fourth-order valence-corrected chi connectivity index (χ4v) is 2.58. The molecular formula is C20H17N3O. The van der Waals surface area contributed by atoms with Gasteiger partial charge in [-0.05, 0) is 36.2 Å². The highest BCUT2D eigenvalue weighted by Crippen LogP contribution is 2.28. The van der Waals surface area contributed by atoms with E-state index in [2.05, 4.69) is 16.4 Å². The van der Waals surface area contributed by atoms with Gasteiger partial charge in [-0.15, -0.1) is 0 Å². The zero-order valence-corrected chi connectivity index (χ0v) is 13.3. The van der Waals surface area contributed by atoms with Gasteiger partial charge in [-0.1, -0.05) is 42.5 Å². The van der Waals surface area contributed by atoms with Gasteiger partial charge in [0, 0.05) is 16.9 Å². The fraction of sp³-hybridized carbons (Fsp3) is 0.100. The molecule has 2 N–H and O–H groups in total. The second kappa shape index (κ2) is 6.95. The molecule has 4 nitrogen and oxygen atoms in total. The predicted octanol–water partition coefficient (Wildman–Crippen LogP) is 4.16. The standard InChI is InChI=1S/C20H17N3O/c1-14-19(16-7-3-2-4-8-16)11-17(12-21)20(22-14)23-18-9-5-6-15(10-18)13-24/h2-11,24H,13H2,1H3,(H,22,23). The highest BCUT2D eigenvalue weighted by atomic mass is 16.3. The molecule has 3 rings (SSSR count). The van der Waals surface area contributed by atoms with Crippen LogP contribution in [0.3, 0.4) is 0 Å². The van der Waals surface area contributed by atoms with Crippen LogP contribution in [-0.2, 0) is 6.61 Å². The van der Waals surface area contributed by atoms with Gasteiger partial charge in [-0.3, -0.25) is 0 Å². The zero-order chi connectivity index (χ0) is 16.9. The van der Waals surface area contributed by atoms with Crippen molar-refractivity contribution in [2.45, 2.75) is 13.5 Å². The van der Waals surface area contributed by atoms with Crippen LogP contribution in [0.25, 0.3) is 11.1 Å². The van der Waals surface area contributed by atoms with Crippen molar-refractivity contribution in [1.82, 2.24) is 4.98 Å². The molecule has 0 spiro atoms. The van der Waals surface area contributed by atoms with E-state index < -0.39 is 0 Å². The minimum absolute atomic E-state index is 0.0277. The average Bonchev–Trinajstić information content (AvgIpc) is 2.63. The normalized spacial score (nSPS) is 10.2. The van der Waals surface area contributed by atoms with Gasteiger partial charge >= 0.3 is 0 Å². The topological polar surface area (TPSA) is 68.9 Å². The Labute approximate surface area is 141 Å². The van der Waals surface area contributed by atoms with E-state index in [0.717, 1.165) is 28.1 Å². The summed E-state index contributed by atoms with van der Waals surface area (Å²) in [5.41, 5.74) is 4.90. The number of nitrogens with one attached hydrogen (secondary N) is 1. The van der Waals surface area contributed by atoms with Gasteiger partial charge in [0.05, 0.1) is 12.2 Å². The number of aromatic nitrogens is 1. The molecule has 2 aromatic carbocycles. The molecule has 3 aromatic rings. The van der Waals surface area contributed by atoms with Crippen molar-refractivity contribution in [3.63, 3.8) is 0 Å². The van der Waals surface area contributed by atoms with E-state index in [0.29, 0.717) is 11.4 Å². The maximum atomic E-state index is 9.49. The van der Waals surface area contributed by atoms with Crippen LogP contribution < -0.4 is 5.32 Å². The summed E-state index contributed by atoms with van der Waals surface area (Å²) < 4.78 is 0. The van der Waals surface area contributed by atoms with Crippen molar-refractivity contribution in [3.8, 4) is 17.2 Å². The molecule has 0 atom stereocenters. The summed E-state index contributed by atoms with van der Waals surface area (Å²) >= 11 is 0. The van der Waals surface area contributed by atoms with Crippen LogP contribution in [0.15, 0.2) is 60.7 Å². The smallest absolute Gasteiger partial charge is 0.148 e. The Hall–Kier alpha value is -3.16. The van der Waals surface area contributed by atoms with Gasteiger partial charge < -0.3 is 10.4 Å². The molecule has 24 heavy (non-hydrogen) atoms. The van der Waals surface area contributed by atoms with E-state index in [4.69, 9.17) is 0 Å². The number of nitriles is 1. The van der Waals surface area contributed by atoms with Crippen molar-refractivity contribution in [1.29, 1.82) is 5.26 Å².